The zero-order valence-corrected chi connectivity index (χ0v) is 23.4. The fourth-order valence-electron chi connectivity index (χ4n) is 7.97. The van der Waals surface area contributed by atoms with Crippen LogP contribution in [0.15, 0.2) is 146 Å². The monoisotopic (exact) mass is 546 g/mol. The van der Waals surface area contributed by atoms with Gasteiger partial charge in [0.1, 0.15) is 11.5 Å². The third-order valence-electron chi connectivity index (χ3n) is 9.84. The van der Waals surface area contributed by atoms with Gasteiger partial charge in [0, 0.05) is 22.8 Å². The van der Waals surface area contributed by atoms with E-state index < -0.39 is 0 Å². The van der Waals surface area contributed by atoms with Crippen molar-refractivity contribution in [2.45, 2.75) is 11.8 Å². The molecule has 0 spiro atoms. The molecule has 0 bridgehead atoms. The smallest absolute Gasteiger partial charge is 0.135 e. The highest BCUT2D eigenvalue weighted by atomic mass is 16.5. The van der Waals surface area contributed by atoms with Crippen molar-refractivity contribution in [3.63, 3.8) is 0 Å². The van der Waals surface area contributed by atoms with Crippen LogP contribution >= 0.6 is 0 Å². The molecule has 1 heteroatoms. The highest BCUT2D eigenvalue weighted by molar-refractivity contribution is 6.12. The topological polar surface area (TPSA) is 9.23 Å². The maximum Gasteiger partial charge on any atom is 0.135 e. The van der Waals surface area contributed by atoms with Gasteiger partial charge in [0.15, 0.2) is 0 Å². The third kappa shape index (κ3) is 3.17. The van der Waals surface area contributed by atoms with Gasteiger partial charge < -0.3 is 4.74 Å². The quantitative estimate of drug-likeness (QED) is 0.209. The fraction of sp³-hybridized carbons (Fsp3) is 0.0476. The molecule has 43 heavy (non-hydrogen) atoms. The van der Waals surface area contributed by atoms with Crippen molar-refractivity contribution in [2.75, 3.05) is 0 Å². The Bertz CT molecular complexity index is 2360. The molecular weight excluding hydrogens is 520 g/mol. The molecule has 7 aromatic rings. The van der Waals surface area contributed by atoms with Crippen molar-refractivity contribution in [2.24, 2.45) is 0 Å². The number of fused-ring (bicyclic) bond motifs is 6. The second kappa shape index (κ2) is 8.56. The van der Waals surface area contributed by atoms with Crippen LogP contribution in [-0.2, 0) is 0 Å². The van der Waals surface area contributed by atoms with Crippen LogP contribution in [0.25, 0.3) is 65.7 Å². The zero-order valence-electron chi connectivity index (χ0n) is 23.4. The summed E-state index contributed by atoms with van der Waals surface area (Å²) in [6.45, 7) is 0. The summed E-state index contributed by atoms with van der Waals surface area (Å²) < 4.78 is 6.40. The Hall–Kier alpha value is -5.40. The van der Waals surface area contributed by atoms with Crippen LogP contribution in [0.5, 0.6) is 11.5 Å². The second-order valence-corrected chi connectivity index (χ2v) is 12.0. The van der Waals surface area contributed by atoms with E-state index in [0.29, 0.717) is 11.8 Å². The molecule has 1 heterocycles. The Kier molecular flexibility index (Phi) is 4.62. The highest BCUT2D eigenvalue weighted by Crippen LogP contribution is 2.52. The largest absolute Gasteiger partial charge is 0.456 e. The van der Waals surface area contributed by atoms with Gasteiger partial charge in [-0.25, -0.2) is 0 Å². The summed E-state index contributed by atoms with van der Waals surface area (Å²) in [6, 6.07) is 44.6. The van der Waals surface area contributed by atoms with Crippen LogP contribution in [0.4, 0.5) is 0 Å². The first kappa shape index (κ1) is 23.2. The van der Waals surface area contributed by atoms with E-state index >= 15 is 0 Å². The molecule has 0 amide bonds. The summed E-state index contributed by atoms with van der Waals surface area (Å²) in [6.07, 6.45) is 9.13. The number of benzene rings is 7. The van der Waals surface area contributed by atoms with E-state index in [1.165, 1.54) is 71.3 Å². The Labute approximate surface area is 250 Å². The molecule has 0 fully saturated rings. The average molecular weight is 547 g/mol. The highest BCUT2D eigenvalue weighted by Gasteiger charge is 2.32. The molecule has 0 aromatic heterocycles. The number of ether oxygens (including phenoxy) is 1. The minimum Gasteiger partial charge on any atom is -0.456 e. The maximum absolute atomic E-state index is 6.40. The van der Waals surface area contributed by atoms with Crippen molar-refractivity contribution < 1.29 is 4.74 Å². The average Bonchev–Trinajstić information content (AvgIpc) is 3.40. The molecule has 1 nitrogen and oxygen atoms in total. The zero-order chi connectivity index (χ0) is 28.1. The van der Waals surface area contributed by atoms with Gasteiger partial charge in [0.25, 0.3) is 0 Å². The SMILES string of the molecule is C1=CC2c3cccc4c(-c5ccc(-c6ccc7c(c6)-c6cccc8cccc(c68)O7)c6ccccc56)ccc(c34)C2C=C1. The Morgan fingerprint density at radius 1 is 0.419 bits per heavy atom. The van der Waals surface area contributed by atoms with Crippen molar-refractivity contribution in [3.05, 3.63) is 157 Å². The Balaban J connectivity index is 1.17. The lowest BCUT2D eigenvalue weighted by Gasteiger charge is -2.22. The molecule has 2 unspecified atom stereocenters. The summed E-state index contributed by atoms with van der Waals surface area (Å²) in [7, 11) is 0. The van der Waals surface area contributed by atoms with E-state index in [0.717, 1.165) is 17.1 Å². The van der Waals surface area contributed by atoms with E-state index in [1.54, 1.807) is 0 Å². The number of rotatable bonds is 2. The lowest BCUT2D eigenvalue weighted by molar-refractivity contribution is 0.487. The first-order chi connectivity index (χ1) is 21.3. The van der Waals surface area contributed by atoms with Gasteiger partial charge in [-0.1, -0.05) is 127 Å². The third-order valence-corrected chi connectivity index (χ3v) is 9.84. The molecule has 10 rings (SSSR count). The number of hydrogen-bond acceptors (Lipinski definition) is 1. The molecule has 0 N–H and O–H groups in total. The molecule has 0 saturated carbocycles. The van der Waals surface area contributed by atoms with Gasteiger partial charge in [-0.15, -0.1) is 0 Å². The molecule has 0 radical (unpaired) electrons. The van der Waals surface area contributed by atoms with E-state index in [2.05, 4.69) is 146 Å². The number of hydrogen-bond donors (Lipinski definition) is 0. The Morgan fingerprint density at radius 2 is 1.09 bits per heavy atom. The maximum atomic E-state index is 6.40. The molecule has 2 atom stereocenters. The van der Waals surface area contributed by atoms with Crippen LogP contribution in [0.3, 0.4) is 0 Å². The van der Waals surface area contributed by atoms with Crippen molar-refractivity contribution in [3.8, 4) is 44.9 Å². The summed E-state index contributed by atoms with van der Waals surface area (Å²) in [4.78, 5) is 0. The molecule has 3 aliphatic rings. The summed E-state index contributed by atoms with van der Waals surface area (Å²) in [5, 5.41) is 7.71. The first-order valence-electron chi connectivity index (χ1n) is 15.1. The molecule has 2 aliphatic carbocycles. The summed E-state index contributed by atoms with van der Waals surface area (Å²) in [5.41, 5.74) is 10.3. The number of allylic oxidation sites excluding steroid dienone is 4. The molecule has 1 aliphatic heterocycles. The van der Waals surface area contributed by atoms with Crippen LogP contribution < -0.4 is 4.74 Å². The molecule has 0 saturated heterocycles. The lowest BCUT2D eigenvalue weighted by Crippen LogP contribution is -2.01. The van der Waals surface area contributed by atoms with Crippen LogP contribution in [0.2, 0.25) is 0 Å². The molecule has 7 aromatic carbocycles. The lowest BCUT2D eigenvalue weighted by atomic mass is 9.86. The standard InChI is InChI=1S/C42H26O/c1-2-11-29-28(10-1)27(26-18-23-39-38(24-26)36-14-5-8-25-9-6-17-40(43-39)41(25)36)19-20-32(29)33-21-22-37-31-13-4-3-12-30(31)34-15-7-16-35(33)42(34)37/h1-24,30-31H. The van der Waals surface area contributed by atoms with Gasteiger partial charge in [-0.05, 0) is 84.1 Å². The van der Waals surface area contributed by atoms with Gasteiger partial charge in [-0.2, -0.15) is 0 Å². The van der Waals surface area contributed by atoms with Gasteiger partial charge in [-0.3, -0.25) is 0 Å². The molecule has 200 valence electrons. The Morgan fingerprint density at radius 3 is 1.95 bits per heavy atom. The van der Waals surface area contributed by atoms with Crippen LogP contribution in [-0.4, -0.2) is 0 Å². The van der Waals surface area contributed by atoms with Gasteiger partial charge >= 0.3 is 0 Å². The van der Waals surface area contributed by atoms with E-state index in [-0.39, 0.29) is 0 Å². The van der Waals surface area contributed by atoms with Crippen molar-refractivity contribution in [1.82, 2.24) is 0 Å². The summed E-state index contributed by atoms with van der Waals surface area (Å²) in [5.74, 6) is 2.71. The normalized spacial score (nSPS) is 17.3. The van der Waals surface area contributed by atoms with Crippen LogP contribution in [0, 0.1) is 0 Å². The van der Waals surface area contributed by atoms with E-state index in [9.17, 15) is 0 Å². The van der Waals surface area contributed by atoms with Crippen molar-refractivity contribution in [1.29, 1.82) is 0 Å². The van der Waals surface area contributed by atoms with Gasteiger partial charge in [0.05, 0.1) is 0 Å². The predicted octanol–water partition coefficient (Wildman–Crippen LogP) is 11.6. The van der Waals surface area contributed by atoms with E-state index in [4.69, 9.17) is 4.74 Å². The minimum absolute atomic E-state index is 0.434. The van der Waals surface area contributed by atoms with Crippen molar-refractivity contribution >= 4 is 32.3 Å². The minimum atomic E-state index is 0.434. The predicted molar refractivity (Wildman–Crippen MR) is 179 cm³/mol. The van der Waals surface area contributed by atoms with Crippen LogP contribution in [0.1, 0.15) is 23.0 Å². The summed E-state index contributed by atoms with van der Waals surface area (Å²) >= 11 is 0. The first-order valence-corrected chi connectivity index (χ1v) is 15.1. The van der Waals surface area contributed by atoms with E-state index in [1.807, 2.05) is 0 Å². The molecular formula is C42H26O. The second-order valence-electron chi connectivity index (χ2n) is 12.0. The van der Waals surface area contributed by atoms with Gasteiger partial charge in [0.2, 0.25) is 0 Å². The fourth-order valence-corrected chi connectivity index (χ4v) is 7.97.